The predicted octanol–water partition coefficient (Wildman–Crippen LogP) is 3.60. The third kappa shape index (κ3) is 7.10. The van der Waals surface area contributed by atoms with Crippen LogP contribution in [0.5, 0.6) is 5.75 Å². The Hall–Kier alpha value is -1.02. The Kier molecular flexibility index (Phi) is 10.4. The minimum atomic E-state index is 0. The van der Waals surface area contributed by atoms with Gasteiger partial charge in [-0.25, -0.2) is 0 Å². The molecular formula is C22H37IN4O. The molecule has 0 spiro atoms. The van der Waals surface area contributed by atoms with E-state index in [0.717, 1.165) is 44.2 Å². The van der Waals surface area contributed by atoms with Crippen molar-refractivity contribution in [2.75, 3.05) is 39.3 Å². The maximum absolute atomic E-state index is 5.59. The molecule has 0 aliphatic carbocycles. The van der Waals surface area contributed by atoms with Crippen molar-refractivity contribution in [3.8, 4) is 5.75 Å². The first-order chi connectivity index (χ1) is 13.3. The molecule has 5 nitrogen and oxygen atoms in total. The average Bonchev–Trinajstić information content (AvgIpc) is 3.15. The molecule has 1 aromatic carbocycles. The summed E-state index contributed by atoms with van der Waals surface area (Å²) in [5, 5.41) is 7.06. The van der Waals surface area contributed by atoms with E-state index < -0.39 is 0 Å². The summed E-state index contributed by atoms with van der Waals surface area (Å²) in [4.78, 5) is 7.42. The lowest BCUT2D eigenvalue weighted by atomic mass is 10.0. The summed E-state index contributed by atoms with van der Waals surface area (Å²) in [6, 6.07) is 7.10. The van der Waals surface area contributed by atoms with Crippen molar-refractivity contribution in [2.45, 2.75) is 58.4 Å². The van der Waals surface area contributed by atoms with Gasteiger partial charge in [0.15, 0.2) is 5.96 Å². The molecule has 2 aliphatic rings. The zero-order valence-electron chi connectivity index (χ0n) is 17.5. The highest BCUT2D eigenvalue weighted by Gasteiger charge is 2.19. The number of unbranched alkanes of at least 4 members (excludes halogenated alkanes) is 1. The Morgan fingerprint density at radius 2 is 2.07 bits per heavy atom. The number of ether oxygens (including phenoxy) is 1. The van der Waals surface area contributed by atoms with Crippen LogP contribution in [0.2, 0.25) is 0 Å². The molecule has 158 valence electrons. The molecule has 0 unspecified atom stereocenters. The third-order valence-corrected chi connectivity index (χ3v) is 5.52. The number of likely N-dealkylation sites (tertiary alicyclic amines) is 1. The number of guanidine groups is 1. The molecule has 0 atom stereocenters. The number of aliphatic imine (C=N–C) groups is 1. The van der Waals surface area contributed by atoms with Crippen LogP contribution in [-0.4, -0.2) is 56.2 Å². The largest absolute Gasteiger partial charge is 0.493 e. The van der Waals surface area contributed by atoms with Gasteiger partial charge in [0.25, 0.3) is 0 Å². The summed E-state index contributed by atoms with van der Waals surface area (Å²) in [6.07, 6.45) is 7.02. The van der Waals surface area contributed by atoms with E-state index in [1.807, 2.05) is 0 Å². The van der Waals surface area contributed by atoms with Crippen LogP contribution in [0.25, 0.3) is 0 Å². The molecule has 1 fully saturated rings. The van der Waals surface area contributed by atoms with Gasteiger partial charge in [0, 0.05) is 38.6 Å². The Morgan fingerprint density at radius 1 is 1.25 bits per heavy atom. The van der Waals surface area contributed by atoms with Gasteiger partial charge >= 0.3 is 0 Å². The van der Waals surface area contributed by atoms with E-state index in [2.05, 4.69) is 47.6 Å². The molecule has 0 radical (unpaired) electrons. The normalized spacial score (nSPS) is 17.6. The van der Waals surface area contributed by atoms with Crippen LogP contribution in [0.15, 0.2) is 23.2 Å². The number of rotatable bonds is 8. The minimum absolute atomic E-state index is 0. The van der Waals surface area contributed by atoms with Crippen molar-refractivity contribution in [3.05, 3.63) is 29.3 Å². The van der Waals surface area contributed by atoms with E-state index in [-0.39, 0.29) is 24.0 Å². The minimum Gasteiger partial charge on any atom is -0.493 e. The number of hydrogen-bond acceptors (Lipinski definition) is 3. The van der Waals surface area contributed by atoms with E-state index >= 15 is 0 Å². The van der Waals surface area contributed by atoms with Gasteiger partial charge in [0.05, 0.1) is 6.61 Å². The highest BCUT2D eigenvalue weighted by atomic mass is 127. The SMILES string of the molecule is CCCCN1CCC(NC(=NCCc2ccc3c(c2)CCO3)NCC)CC1.I. The second kappa shape index (κ2) is 12.5. The van der Waals surface area contributed by atoms with Gasteiger partial charge in [-0.15, -0.1) is 24.0 Å². The molecule has 0 saturated carbocycles. The number of piperidine rings is 1. The van der Waals surface area contributed by atoms with Gasteiger partial charge in [-0.3, -0.25) is 4.99 Å². The smallest absolute Gasteiger partial charge is 0.191 e. The number of nitrogens with zero attached hydrogens (tertiary/aromatic N) is 2. The van der Waals surface area contributed by atoms with Crippen molar-refractivity contribution >= 4 is 29.9 Å². The van der Waals surface area contributed by atoms with Crippen molar-refractivity contribution in [2.24, 2.45) is 4.99 Å². The Bertz CT molecular complexity index is 615. The third-order valence-electron chi connectivity index (χ3n) is 5.52. The zero-order valence-corrected chi connectivity index (χ0v) is 19.8. The summed E-state index contributed by atoms with van der Waals surface area (Å²) in [6.45, 7) is 10.6. The molecule has 2 N–H and O–H groups in total. The van der Waals surface area contributed by atoms with Crippen molar-refractivity contribution in [3.63, 3.8) is 0 Å². The van der Waals surface area contributed by atoms with Crippen LogP contribution in [0.1, 0.15) is 50.7 Å². The van der Waals surface area contributed by atoms with Crippen LogP contribution in [0, 0.1) is 0 Å². The Labute approximate surface area is 187 Å². The summed E-state index contributed by atoms with van der Waals surface area (Å²) in [7, 11) is 0. The molecule has 28 heavy (non-hydrogen) atoms. The molecule has 0 bridgehead atoms. The van der Waals surface area contributed by atoms with Crippen molar-refractivity contribution in [1.82, 2.24) is 15.5 Å². The van der Waals surface area contributed by atoms with E-state index in [0.29, 0.717) is 6.04 Å². The second-order valence-electron chi connectivity index (χ2n) is 7.66. The molecule has 6 heteroatoms. The molecule has 1 aromatic rings. The molecule has 0 aromatic heterocycles. The van der Waals surface area contributed by atoms with Gasteiger partial charge < -0.3 is 20.3 Å². The molecular weight excluding hydrogens is 463 g/mol. The molecule has 0 amide bonds. The zero-order chi connectivity index (χ0) is 18.9. The van der Waals surface area contributed by atoms with Crippen LogP contribution in [-0.2, 0) is 12.8 Å². The number of nitrogens with one attached hydrogen (secondary N) is 2. The van der Waals surface area contributed by atoms with Crippen LogP contribution in [0.4, 0.5) is 0 Å². The number of fused-ring (bicyclic) bond motifs is 1. The molecule has 2 aliphatic heterocycles. The quantitative estimate of drug-likeness (QED) is 0.326. The fourth-order valence-corrected chi connectivity index (χ4v) is 3.89. The number of halogens is 1. The Morgan fingerprint density at radius 3 is 2.82 bits per heavy atom. The second-order valence-corrected chi connectivity index (χ2v) is 7.66. The first kappa shape index (κ1) is 23.3. The maximum Gasteiger partial charge on any atom is 0.191 e. The monoisotopic (exact) mass is 500 g/mol. The van der Waals surface area contributed by atoms with Gasteiger partial charge in [-0.05, 0) is 56.3 Å². The summed E-state index contributed by atoms with van der Waals surface area (Å²) in [5.74, 6) is 2.02. The van der Waals surface area contributed by atoms with Gasteiger partial charge in [-0.2, -0.15) is 0 Å². The fourth-order valence-electron chi connectivity index (χ4n) is 3.89. The molecule has 3 rings (SSSR count). The highest BCUT2D eigenvalue weighted by Crippen LogP contribution is 2.25. The van der Waals surface area contributed by atoms with Crippen LogP contribution < -0.4 is 15.4 Å². The highest BCUT2D eigenvalue weighted by molar-refractivity contribution is 14.0. The van der Waals surface area contributed by atoms with Crippen molar-refractivity contribution < 1.29 is 4.74 Å². The first-order valence-electron chi connectivity index (χ1n) is 10.8. The van der Waals surface area contributed by atoms with E-state index in [1.165, 1.54) is 56.4 Å². The summed E-state index contributed by atoms with van der Waals surface area (Å²) < 4.78 is 5.59. The maximum atomic E-state index is 5.59. The van der Waals surface area contributed by atoms with E-state index in [9.17, 15) is 0 Å². The van der Waals surface area contributed by atoms with Gasteiger partial charge in [0.1, 0.15) is 5.75 Å². The van der Waals surface area contributed by atoms with Crippen LogP contribution in [0.3, 0.4) is 0 Å². The topological polar surface area (TPSA) is 48.9 Å². The molecule has 2 heterocycles. The van der Waals surface area contributed by atoms with E-state index in [1.54, 1.807) is 0 Å². The summed E-state index contributed by atoms with van der Waals surface area (Å²) >= 11 is 0. The molecule has 1 saturated heterocycles. The Balaban J connectivity index is 0.00000280. The lowest BCUT2D eigenvalue weighted by Gasteiger charge is -2.33. The number of benzene rings is 1. The van der Waals surface area contributed by atoms with E-state index in [4.69, 9.17) is 9.73 Å². The average molecular weight is 500 g/mol. The van der Waals surface area contributed by atoms with Gasteiger partial charge in [-0.1, -0.05) is 25.5 Å². The lowest BCUT2D eigenvalue weighted by molar-refractivity contribution is 0.203. The standard InChI is InChI=1S/C22H36N4O.HI/c1-3-5-13-26-14-9-20(10-15-26)25-22(23-4-2)24-12-8-18-6-7-21-19(17-18)11-16-27-21;/h6-7,17,20H,3-5,8-16H2,1-2H3,(H2,23,24,25);1H. The summed E-state index contributed by atoms with van der Waals surface area (Å²) in [5.41, 5.74) is 2.69. The number of hydrogen-bond donors (Lipinski definition) is 2. The van der Waals surface area contributed by atoms with Gasteiger partial charge in [0.2, 0.25) is 0 Å². The predicted molar refractivity (Wildman–Crippen MR) is 128 cm³/mol. The first-order valence-corrected chi connectivity index (χ1v) is 10.8. The van der Waals surface area contributed by atoms with Crippen molar-refractivity contribution in [1.29, 1.82) is 0 Å². The lowest BCUT2D eigenvalue weighted by Crippen LogP contribution is -2.48. The fraction of sp³-hybridized carbons (Fsp3) is 0.682. The van der Waals surface area contributed by atoms with Crippen LogP contribution >= 0.6 is 24.0 Å².